The van der Waals surface area contributed by atoms with Gasteiger partial charge >= 0.3 is 7.12 Å². The van der Waals surface area contributed by atoms with E-state index in [0.717, 1.165) is 0 Å². The van der Waals surface area contributed by atoms with Crippen LogP contribution in [0.4, 0.5) is 0 Å². The number of hydrogen-bond acceptors (Lipinski definition) is 5. The summed E-state index contributed by atoms with van der Waals surface area (Å²) in [6, 6.07) is 6.36. The average molecular weight is 202 g/mol. The van der Waals surface area contributed by atoms with Gasteiger partial charge < -0.3 is 14.4 Å². The predicted molar refractivity (Wildman–Crippen MR) is 52.0 cm³/mol. The first kappa shape index (κ1) is 10.9. The molecule has 1 N–H and O–H groups in total. The van der Waals surface area contributed by atoms with E-state index in [1.807, 2.05) is 6.07 Å². The fourth-order valence-corrected chi connectivity index (χ4v) is 1.10. The number of rotatable bonds is 3. The summed E-state index contributed by atoms with van der Waals surface area (Å²) in [5.41, 5.74) is 0.706. The van der Waals surface area contributed by atoms with E-state index in [9.17, 15) is 5.02 Å². The second-order valence-corrected chi connectivity index (χ2v) is 2.63. The maximum atomic E-state index is 9.39. The number of hydrogen-bond donors (Lipinski definition) is 1. The van der Waals surface area contributed by atoms with Crippen molar-refractivity contribution in [2.75, 3.05) is 7.11 Å². The van der Waals surface area contributed by atoms with Crippen LogP contribution >= 0.6 is 0 Å². The second kappa shape index (κ2) is 4.89. The van der Waals surface area contributed by atoms with Crippen molar-refractivity contribution in [3.63, 3.8) is 0 Å². The van der Waals surface area contributed by atoms with Crippen LogP contribution in [-0.4, -0.2) is 19.3 Å². The molecule has 0 saturated carbocycles. The first-order valence-electron chi connectivity index (χ1n) is 4.03. The molecule has 0 heterocycles. The molecule has 0 saturated heterocycles. The lowest BCUT2D eigenvalue weighted by Gasteiger charge is -2.08. The van der Waals surface area contributed by atoms with Crippen molar-refractivity contribution < 1.29 is 14.4 Å². The highest BCUT2D eigenvalue weighted by molar-refractivity contribution is 6.61. The molecule has 0 radical (unpaired) electrons. The Morgan fingerprint density at radius 2 is 2.13 bits per heavy atom. The molecule has 1 aromatic rings. The fraction of sp³-hybridized carbons (Fsp3) is 0.111. The van der Waals surface area contributed by atoms with Gasteiger partial charge in [0.15, 0.2) is 0 Å². The lowest BCUT2D eigenvalue weighted by Crippen LogP contribution is -2.33. The third kappa shape index (κ3) is 2.40. The molecule has 5 nitrogen and oxygen atoms in total. The zero-order valence-electron chi connectivity index (χ0n) is 7.97. The number of ether oxygens (including phenoxy) is 1. The second-order valence-electron chi connectivity index (χ2n) is 2.63. The van der Waals surface area contributed by atoms with Crippen molar-refractivity contribution in [2.45, 2.75) is 0 Å². The minimum Gasteiger partial charge on any atom is -0.497 e. The molecule has 0 bridgehead atoms. The predicted octanol–water partition coefficient (Wildman–Crippen LogP) is -0.248. The fourth-order valence-electron chi connectivity index (χ4n) is 1.10. The molecule has 0 aromatic heterocycles. The number of methoxy groups -OCH3 is 1. The minimum atomic E-state index is -1.38. The molecule has 0 amide bonds. The van der Waals surface area contributed by atoms with Gasteiger partial charge in [-0.3, -0.25) is 0 Å². The van der Waals surface area contributed by atoms with Crippen molar-refractivity contribution >= 4 is 12.6 Å². The van der Waals surface area contributed by atoms with Gasteiger partial charge in [-0.2, -0.15) is 10.5 Å². The topological polar surface area (TPSA) is 86.3 Å². The van der Waals surface area contributed by atoms with Crippen molar-refractivity contribution in [3.05, 3.63) is 23.8 Å². The van der Waals surface area contributed by atoms with Gasteiger partial charge in [-0.25, -0.2) is 0 Å². The lowest BCUT2D eigenvalue weighted by molar-refractivity contribution is 0.391. The summed E-state index contributed by atoms with van der Waals surface area (Å²) in [5.74, 6) is 0.303. The van der Waals surface area contributed by atoms with Gasteiger partial charge in [-0.05, 0) is 12.1 Å². The van der Waals surface area contributed by atoms with Gasteiger partial charge in [0.1, 0.15) is 5.75 Å². The SMILES string of the molecule is COc1cc(C#N)ccc1B(O)OC#N. The van der Waals surface area contributed by atoms with E-state index >= 15 is 0 Å². The third-order valence-electron chi connectivity index (χ3n) is 1.79. The largest absolute Gasteiger partial charge is 0.573 e. The van der Waals surface area contributed by atoms with E-state index in [2.05, 4.69) is 4.65 Å². The standard InChI is InChI=1S/C9H7BN2O3/c1-14-9-4-7(5-11)2-3-8(9)10(13)15-6-12/h2-4,13H,1H3. The molecule has 0 atom stereocenters. The maximum Gasteiger partial charge on any atom is 0.573 e. The normalized spacial score (nSPS) is 8.53. The Morgan fingerprint density at radius 3 is 2.67 bits per heavy atom. The van der Waals surface area contributed by atoms with E-state index in [0.29, 0.717) is 16.8 Å². The maximum absolute atomic E-state index is 9.39. The molecule has 0 aliphatic carbocycles. The monoisotopic (exact) mass is 202 g/mol. The first-order valence-corrected chi connectivity index (χ1v) is 4.03. The molecule has 6 heteroatoms. The Labute approximate surface area is 87.2 Å². The van der Waals surface area contributed by atoms with Crippen LogP contribution in [0, 0.1) is 22.8 Å². The van der Waals surface area contributed by atoms with E-state index in [1.54, 1.807) is 0 Å². The summed E-state index contributed by atoms with van der Waals surface area (Å²) in [4.78, 5) is 0. The van der Waals surface area contributed by atoms with Crippen molar-refractivity contribution in [3.8, 4) is 18.1 Å². The number of benzene rings is 1. The van der Waals surface area contributed by atoms with Crippen molar-refractivity contribution in [1.29, 1.82) is 10.5 Å². The van der Waals surface area contributed by atoms with Crippen LogP contribution < -0.4 is 10.2 Å². The summed E-state index contributed by atoms with van der Waals surface area (Å²) in [5, 5.41) is 26.3. The molecule has 74 valence electrons. The molecule has 0 aliphatic rings. The first-order chi connectivity index (χ1) is 7.22. The molecule has 15 heavy (non-hydrogen) atoms. The molecule has 1 aromatic carbocycles. The van der Waals surface area contributed by atoms with Crippen molar-refractivity contribution in [2.24, 2.45) is 0 Å². The molecule has 0 fully saturated rings. The van der Waals surface area contributed by atoms with Crippen LogP contribution in [0.3, 0.4) is 0 Å². The Bertz CT molecular complexity index is 436. The molecule has 0 unspecified atom stereocenters. The lowest BCUT2D eigenvalue weighted by atomic mass is 9.78. The Kier molecular flexibility index (Phi) is 3.56. The highest BCUT2D eigenvalue weighted by atomic mass is 16.5. The van der Waals surface area contributed by atoms with Gasteiger partial charge in [0.25, 0.3) is 6.26 Å². The summed E-state index contributed by atoms with van der Waals surface area (Å²) >= 11 is 0. The Hall–Kier alpha value is -2.18. The van der Waals surface area contributed by atoms with Crippen LogP contribution in [0.25, 0.3) is 0 Å². The molecule has 0 spiro atoms. The molecule has 0 aliphatic heterocycles. The van der Waals surface area contributed by atoms with Crippen molar-refractivity contribution in [1.82, 2.24) is 0 Å². The number of nitrogens with zero attached hydrogens (tertiary/aromatic N) is 2. The van der Waals surface area contributed by atoms with E-state index in [4.69, 9.17) is 15.3 Å². The highest BCUT2D eigenvalue weighted by Gasteiger charge is 2.23. The van der Waals surface area contributed by atoms with Crippen LogP contribution in [0.1, 0.15) is 5.56 Å². The molecular formula is C9H7BN2O3. The third-order valence-corrected chi connectivity index (χ3v) is 1.79. The van der Waals surface area contributed by atoms with Crippen LogP contribution in [0.15, 0.2) is 18.2 Å². The van der Waals surface area contributed by atoms with Crippen LogP contribution in [0.2, 0.25) is 0 Å². The Balaban J connectivity index is 3.09. The van der Waals surface area contributed by atoms with E-state index < -0.39 is 7.12 Å². The zero-order chi connectivity index (χ0) is 11.3. The smallest absolute Gasteiger partial charge is 0.497 e. The van der Waals surface area contributed by atoms with Crippen LogP contribution in [-0.2, 0) is 4.65 Å². The Morgan fingerprint density at radius 1 is 1.40 bits per heavy atom. The summed E-state index contributed by atoms with van der Waals surface area (Å²) in [6.07, 6.45) is 1.38. The van der Waals surface area contributed by atoms with Gasteiger partial charge in [-0.15, -0.1) is 0 Å². The van der Waals surface area contributed by atoms with E-state index in [-0.39, 0.29) is 0 Å². The summed E-state index contributed by atoms with van der Waals surface area (Å²) in [7, 11) is 0.0247. The molecular weight excluding hydrogens is 195 g/mol. The van der Waals surface area contributed by atoms with Gasteiger partial charge in [0.05, 0.1) is 18.7 Å². The summed E-state index contributed by atoms with van der Waals surface area (Å²) < 4.78 is 9.30. The number of nitriles is 2. The highest BCUT2D eigenvalue weighted by Crippen LogP contribution is 2.10. The minimum absolute atomic E-state index is 0.303. The van der Waals surface area contributed by atoms with Gasteiger partial charge in [0, 0.05) is 5.46 Å². The average Bonchev–Trinajstić information content (AvgIpc) is 2.28. The molecule has 1 rings (SSSR count). The summed E-state index contributed by atoms with van der Waals surface area (Å²) in [6.45, 7) is 0. The van der Waals surface area contributed by atoms with Gasteiger partial charge in [-0.1, -0.05) is 6.07 Å². The van der Waals surface area contributed by atoms with E-state index in [1.165, 1.54) is 31.6 Å². The zero-order valence-corrected chi connectivity index (χ0v) is 7.97. The van der Waals surface area contributed by atoms with Gasteiger partial charge in [0.2, 0.25) is 0 Å². The quantitative estimate of drug-likeness (QED) is 0.539. The van der Waals surface area contributed by atoms with Crippen LogP contribution in [0.5, 0.6) is 5.75 Å².